The Balaban J connectivity index is 1.72. The molecule has 0 amide bonds. The lowest BCUT2D eigenvalue weighted by Gasteiger charge is -2.21. The van der Waals surface area contributed by atoms with Crippen LogP contribution in [0.25, 0.3) is 0 Å². The van der Waals surface area contributed by atoms with Crippen LogP contribution in [-0.4, -0.2) is 57.2 Å². The van der Waals surface area contributed by atoms with Crippen LogP contribution in [0.5, 0.6) is 5.75 Å². The highest BCUT2D eigenvalue weighted by Crippen LogP contribution is 2.24. The van der Waals surface area contributed by atoms with E-state index in [-0.39, 0.29) is 17.8 Å². The smallest absolute Gasteiger partial charge is 0.310 e. The molecular formula is C18H27N3O3. The van der Waals surface area contributed by atoms with Crippen molar-refractivity contribution in [3.63, 3.8) is 0 Å². The van der Waals surface area contributed by atoms with Crippen molar-refractivity contribution in [2.75, 3.05) is 40.4 Å². The average molecular weight is 333 g/mol. The number of hydrogen-bond donors (Lipinski definition) is 1. The summed E-state index contributed by atoms with van der Waals surface area (Å²) in [6.45, 7) is 4.94. The van der Waals surface area contributed by atoms with Crippen molar-refractivity contribution in [2.24, 2.45) is 16.8 Å². The number of ether oxygens (including phenoxy) is 2. The molecule has 0 saturated carbocycles. The second-order valence-corrected chi connectivity index (χ2v) is 6.00. The van der Waals surface area contributed by atoms with Gasteiger partial charge < -0.3 is 19.7 Å². The highest BCUT2D eigenvalue weighted by Gasteiger charge is 2.36. The Morgan fingerprint density at radius 3 is 2.75 bits per heavy atom. The molecule has 1 aromatic carbocycles. The molecule has 0 spiro atoms. The zero-order valence-electron chi connectivity index (χ0n) is 14.7. The molecule has 0 aliphatic carbocycles. The maximum Gasteiger partial charge on any atom is 0.310 e. The molecule has 1 aromatic rings. The molecule has 1 aliphatic rings. The molecular weight excluding hydrogens is 306 g/mol. The van der Waals surface area contributed by atoms with Crippen molar-refractivity contribution >= 4 is 11.9 Å². The minimum atomic E-state index is -0.142. The molecule has 6 nitrogen and oxygen atoms in total. The molecule has 1 fully saturated rings. The Bertz CT molecular complexity index is 548. The van der Waals surface area contributed by atoms with Gasteiger partial charge in [-0.15, -0.1) is 0 Å². The number of rotatable bonds is 6. The van der Waals surface area contributed by atoms with Gasteiger partial charge >= 0.3 is 5.97 Å². The van der Waals surface area contributed by atoms with Crippen molar-refractivity contribution in [1.82, 2.24) is 10.2 Å². The Kier molecular flexibility index (Phi) is 6.90. The normalized spacial score (nSPS) is 20.8. The molecule has 1 aliphatic heterocycles. The van der Waals surface area contributed by atoms with Crippen molar-refractivity contribution in [2.45, 2.75) is 13.3 Å². The Hall–Kier alpha value is -2.24. The lowest BCUT2D eigenvalue weighted by atomic mass is 9.99. The van der Waals surface area contributed by atoms with Crippen LogP contribution in [0.1, 0.15) is 13.3 Å². The van der Waals surface area contributed by atoms with Crippen LogP contribution in [0.2, 0.25) is 0 Å². The Labute approximate surface area is 143 Å². The van der Waals surface area contributed by atoms with E-state index in [1.807, 2.05) is 30.3 Å². The van der Waals surface area contributed by atoms with Gasteiger partial charge in [0, 0.05) is 26.7 Å². The number of guanidine groups is 1. The summed E-state index contributed by atoms with van der Waals surface area (Å²) in [5, 5.41) is 3.34. The number of carbonyl (C=O) groups excluding carboxylic acids is 1. The number of esters is 1. The molecule has 0 bridgehead atoms. The fourth-order valence-electron chi connectivity index (χ4n) is 2.91. The minimum Gasteiger partial charge on any atom is -0.494 e. The number of likely N-dealkylation sites (tertiary alicyclic amines) is 1. The molecule has 1 N–H and O–H groups in total. The van der Waals surface area contributed by atoms with Gasteiger partial charge in [0.2, 0.25) is 0 Å². The first kappa shape index (κ1) is 18.1. The van der Waals surface area contributed by atoms with Crippen LogP contribution in [0.15, 0.2) is 35.3 Å². The number of carbonyl (C=O) groups is 1. The van der Waals surface area contributed by atoms with Gasteiger partial charge in [0.25, 0.3) is 0 Å². The molecule has 1 saturated heterocycles. The SMILES string of the molecule is CN=C(NCCCOc1ccccc1)N1CC(C)C(C(=O)OC)C1. The summed E-state index contributed by atoms with van der Waals surface area (Å²) in [6, 6.07) is 9.79. The maximum atomic E-state index is 11.8. The van der Waals surface area contributed by atoms with Gasteiger partial charge in [0.15, 0.2) is 5.96 Å². The molecule has 1 heterocycles. The number of nitrogens with one attached hydrogen (secondary N) is 1. The van der Waals surface area contributed by atoms with E-state index in [2.05, 4.69) is 22.1 Å². The van der Waals surface area contributed by atoms with Crippen LogP contribution in [0.4, 0.5) is 0 Å². The highest BCUT2D eigenvalue weighted by molar-refractivity contribution is 5.82. The van der Waals surface area contributed by atoms with Crippen LogP contribution in [0.3, 0.4) is 0 Å². The standard InChI is InChI=1S/C18H27N3O3/c1-14-12-21(13-16(14)17(22)23-3)18(19-2)20-10-7-11-24-15-8-5-4-6-9-15/h4-6,8-9,14,16H,7,10-13H2,1-3H3,(H,19,20). The van der Waals surface area contributed by atoms with Gasteiger partial charge in [-0.2, -0.15) is 0 Å². The summed E-state index contributed by atoms with van der Waals surface area (Å²) >= 11 is 0. The van der Waals surface area contributed by atoms with Crippen LogP contribution < -0.4 is 10.1 Å². The first-order valence-corrected chi connectivity index (χ1v) is 8.37. The van der Waals surface area contributed by atoms with E-state index in [1.54, 1.807) is 7.05 Å². The molecule has 132 valence electrons. The first-order valence-electron chi connectivity index (χ1n) is 8.37. The second-order valence-electron chi connectivity index (χ2n) is 6.00. The first-order chi connectivity index (χ1) is 11.7. The third kappa shape index (κ3) is 4.88. The molecule has 0 radical (unpaired) electrons. The quantitative estimate of drug-likeness (QED) is 0.372. The predicted octanol–water partition coefficient (Wildman–Crippen LogP) is 1.77. The summed E-state index contributed by atoms with van der Waals surface area (Å²) in [5.74, 6) is 1.74. The van der Waals surface area contributed by atoms with Crippen molar-refractivity contribution in [3.05, 3.63) is 30.3 Å². The summed E-state index contributed by atoms with van der Waals surface area (Å²) < 4.78 is 10.6. The molecule has 2 rings (SSSR count). The number of nitrogens with zero attached hydrogens (tertiary/aromatic N) is 2. The molecule has 6 heteroatoms. The Morgan fingerprint density at radius 1 is 1.33 bits per heavy atom. The van der Waals surface area contributed by atoms with Crippen molar-refractivity contribution < 1.29 is 14.3 Å². The number of hydrogen-bond acceptors (Lipinski definition) is 4. The van der Waals surface area contributed by atoms with Gasteiger partial charge in [-0.25, -0.2) is 0 Å². The maximum absolute atomic E-state index is 11.8. The molecule has 2 unspecified atom stereocenters. The third-order valence-electron chi connectivity index (χ3n) is 4.24. The fourth-order valence-corrected chi connectivity index (χ4v) is 2.91. The monoisotopic (exact) mass is 333 g/mol. The van der Waals surface area contributed by atoms with Crippen molar-refractivity contribution in [1.29, 1.82) is 0 Å². The summed E-state index contributed by atoms with van der Waals surface area (Å²) in [5.41, 5.74) is 0. The average Bonchev–Trinajstić information content (AvgIpc) is 3.00. The van der Waals surface area contributed by atoms with Gasteiger partial charge in [-0.05, 0) is 24.5 Å². The topological polar surface area (TPSA) is 63.2 Å². The summed E-state index contributed by atoms with van der Waals surface area (Å²) in [7, 11) is 3.20. The van der Waals surface area contributed by atoms with E-state index in [1.165, 1.54) is 7.11 Å². The van der Waals surface area contributed by atoms with Gasteiger partial charge in [0.1, 0.15) is 5.75 Å². The number of aliphatic imine (C=N–C) groups is 1. The van der Waals surface area contributed by atoms with E-state index < -0.39 is 0 Å². The summed E-state index contributed by atoms with van der Waals surface area (Å²) in [4.78, 5) is 18.2. The fraction of sp³-hybridized carbons (Fsp3) is 0.556. The van der Waals surface area contributed by atoms with E-state index >= 15 is 0 Å². The highest BCUT2D eigenvalue weighted by atomic mass is 16.5. The lowest BCUT2D eigenvalue weighted by Crippen LogP contribution is -2.41. The molecule has 2 atom stereocenters. The van der Waals surface area contributed by atoms with E-state index in [0.717, 1.165) is 31.2 Å². The number of para-hydroxylation sites is 1. The number of benzene rings is 1. The molecule has 0 aromatic heterocycles. The Morgan fingerprint density at radius 2 is 2.08 bits per heavy atom. The van der Waals surface area contributed by atoms with Crippen LogP contribution in [-0.2, 0) is 9.53 Å². The van der Waals surface area contributed by atoms with Gasteiger partial charge in [0.05, 0.1) is 19.6 Å². The van der Waals surface area contributed by atoms with Crippen LogP contribution in [0, 0.1) is 11.8 Å². The van der Waals surface area contributed by atoms with Gasteiger partial charge in [-0.1, -0.05) is 25.1 Å². The molecule has 24 heavy (non-hydrogen) atoms. The van der Waals surface area contributed by atoms with Crippen LogP contribution >= 0.6 is 0 Å². The largest absolute Gasteiger partial charge is 0.494 e. The number of methoxy groups -OCH3 is 1. The van der Waals surface area contributed by atoms with E-state index in [0.29, 0.717) is 13.2 Å². The lowest BCUT2D eigenvalue weighted by molar-refractivity contribution is -0.145. The zero-order valence-corrected chi connectivity index (χ0v) is 14.7. The second kappa shape index (κ2) is 9.15. The summed E-state index contributed by atoms with van der Waals surface area (Å²) in [6.07, 6.45) is 0.873. The van der Waals surface area contributed by atoms with Crippen molar-refractivity contribution in [3.8, 4) is 5.75 Å². The zero-order chi connectivity index (χ0) is 17.4. The van der Waals surface area contributed by atoms with E-state index in [9.17, 15) is 4.79 Å². The van der Waals surface area contributed by atoms with Gasteiger partial charge in [-0.3, -0.25) is 9.79 Å². The predicted molar refractivity (Wildman–Crippen MR) is 94.2 cm³/mol. The van der Waals surface area contributed by atoms with E-state index in [4.69, 9.17) is 9.47 Å². The minimum absolute atomic E-state index is 0.0880. The third-order valence-corrected chi connectivity index (χ3v) is 4.24.